The van der Waals surface area contributed by atoms with Crippen LogP contribution in [0.3, 0.4) is 0 Å². The van der Waals surface area contributed by atoms with Crippen LogP contribution >= 0.6 is 0 Å². The summed E-state index contributed by atoms with van der Waals surface area (Å²) >= 11 is 0. The smallest absolute Gasteiger partial charge is 0.371 e. The highest BCUT2D eigenvalue weighted by atomic mass is 16.8. The molecule has 0 spiro atoms. The minimum atomic E-state index is -2.24. The lowest BCUT2D eigenvalue weighted by Crippen LogP contribution is -2.66. The molecule has 3 rings (SSSR count). The van der Waals surface area contributed by atoms with Crippen molar-refractivity contribution in [2.75, 3.05) is 0 Å². The summed E-state index contributed by atoms with van der Waals surface area (Å²) in [7, 11) is 0. The van der Waals surface area contributed by atoms with Crippen molar-refractivity contribution in [3.05, 3.63) is 11.8 Å². The molecule has 10 N–H and O–H groups in total. The maximum Gasteiger partial charge on any atom is 0.371 e. The maximum absolute atomic E-state index is 11.8. The highest BCUT2D eigenvalue weighted by Crippen LogP contribution is 2.32. The van der Waals surface area contributed by atoms with Gasteiger partial charge in [0.1, 0.15) is 48.8 Å². The predicted molar refractivity (Wildman–Crippen MR) is 101 cm³/mol. The molecule has 2 fully saturated rings. The van der Waals surface area contributed by atoms with Crippen molar-refractivity contribution in [2.45, 2.75) is 79.9 Å². The van der Waals surface area contributed by atoms with E-state index in [1.807, 2.05) is 0 Å². The molecular formula is C18H24O18. The zero-order chi connectivity index (χ0) is 27.1. The molecule has 18 nitrogen and oxygen atoms in total. The zero-order valence-electron chi connectivity index (χ0n) is 17.8. The Morgan fingerprint density at radius 1 is 0.667 bits per heavy atom. The summed E-state index contributed by atoms with van der Waals surface area (Å²) in [5.74, 6) is -6.17. The number of aliphatic hydroxyl groups is 7. The third-order valence-corrected chi connectivity index (χ3v) is 5.58. The highest BCUT2D eigenvalue weighted by Gasteiger charge is 2.55. The molecule has 3 aliphatic rings. The Bertz CT molecular complexity index is 876. The van der Waals surface area contributed by atoms with E-state index in [9.17, 15) is 60.3 Å². The van der Waals surface area contributed by atoms with Gasteiger partial charge in [-0.15, -0.1) is 0 Å². The number of aliphatic carboxylic acids is 3. The molecule has 3 aliphatic heterocycles. The fourth-order valence-corrected chi connectivity index (χ4v) is 3.69. The van der Waals surface area contributed by atoms with Gasteiger partial charge in [0.2, 0.25) is 12.0 Å². The standard InChI is InChI=1S/C18H24O18/c19-2-1-3(13(25)26)32-17(4(2)20)34-10-6(22)8(24)18(36-12(10)15(29)30)35-9-5(21)7(23)16(31)33-11(9)14(27)28/h1-2,4-12,16-24,31H,(H,25,26)(H,27,28)(H,29,30)/t2-,4-,5+,6+,7-,8-,9-,10-,11+,12+,16+,17-,18+/m0/s1. The molecule has 0 amide bonds. The molecule has 0 aromatic rings. The summed E-state index contributed by atoms with van der Waals surface area (Å²) < 4.78 is 24.9. The van der Waals surface area contributed by atoms with Gasteiger partial charge in [0, 0.05) is 0 Å². The Hall–Kier alpha value is -2.49. The molecule has 0 radical (unpaired) electrons. The number of carboxylic acids is 3. The monoisotopic (exact) mass is 528 g/mol. The molecule has 0 unspecified atom stereocenters. The largest absolute Gasteiger partial charge is 0.479 e. The van der Waals surface area contributed by atoms with E-state index in [1.165, 1.54) is 0 Å². The summed E-state index contributed by atoms with van der Waals surface area (Å²) in [6, 6.07) is 0. The van der Waals surface area contributed by atoms with Crippen molar-refractivity contribution < 1.29 is 89.1 Å². The van der Waals surface area contributed by atoms with E-state index in [0.717, 1.165) is 0 Å². The average Bonchev–Trinajstić information content (AvgIpc) is 2.80. The first-order valence-electron chi connectivity index (χ1n) is 10.2. The average molecular weight is 528 g/mol. The molecule has 0 aromatic carbocycles. The molecule has 0 saturated carbocycles. The van der Waals surface area contributed by atoms with Gasteiger partial charge in [0.25, 0.3) is 0 Å². The van der Waals surface area contributed by atoms with Crippen LogP contribution in [0.2, 0.25) is 0 Å². The lowest BCUT2D eigenvalue weighted by Gasteiger charge is -2.45. The first-order valence-corrected chi connectivity index (χ1v) is 10.2. The molecule has 0 aliphatic carbocycles. The van der Waals surface area contributed by atoms with E-state index in [4.69, 9.17) is 24.1 Å². The maximum atomic E-state index is 11.8. The number of carbonyl (C=O) groups is 3. The first-order chi connectivity index (χ1) is 16.7. The molecule has 2 saturated heterocycles. The molecule has 0 aromatic heterocycles. The van der Waals surface area contributed by atoms with E-state index >= 15 is 0 Å². The predicted octanol–water partition coefficient (Wildman–Crippen LogP) is -6.14. The van der Waals surface area contributed by atoms with Crippen LogP contribution in [0.25, 0.3) is 0 Å². The van der Waals surface area contributed by atoms with Crippen LogP contribution in [0.4, 0.5) is 0 Å². The van der Waals surface area contributed by atoms with Gasteiger partial charge < -0.3 is 74.7 Å². The van der Waals surface area contributed by atoms with Gasteiger partial charge in [-0.2, -0.15) is 0 Å². The number of carboxylic acid groups (broad SMARTS) is 3. The first kappa shape index (κ1) is 28.1. The molecule has 13 atom stereocenters. The Morgan fingerprint density at radius 3 is 1.69 bits per heavy atom. The van der Waals surface area contributed by atoms with Crippen LogP contribution in [0.15, 0.2) is 11.8 Å². The lowest BCUT2D eigenvalue weighted by molar-refractivity contribution is -0.358. The summed E-state index contributed by atoms with van der Waals surface area (Å²) in [5.41, 5.74) is 0. The van der Waals surface area contributed by atoms with Crippen molar-refractivity contribution in [1.29, 1.82) is 0 Å². The second-order valence-electron chi connectivity index (χ2n) is 8.02. The van der Waals surface area contributed by atoms with E-state index in [2.05, 4.69) is 4.74 Å². The van der Waals surface area contributed by atoms with Crippen LogP contribution in [0, 0.1) is 0 Å². The van der Waals surface area contributed by atoms with Crippen molar-refractivity contribution in [2.24, 2.45) is 0 Å². The molecule has 18 heteroatoms. The third-order valence-electron chi connectivity index (χ3n) is 5.58. The molecule has 36 heavy (non-hydrogen) atoms. The number of aliphatic hydroxyl groups excluding tert-OH is 7. The Balaban J connectivity index is 1.81. The summed E-state index contributed by atoms with van der Waals surface area (Å²) in [5, 5.41) is 98.1. The SMILES string of the molecule is O=C(O)C1=C[C@H](O)[C@H](O)[C@H](O[C@H]2[C@H](O)[C@H](O)[C@H](O[C@H]3[C@H](O)[C@H](O)[C@H](O)O[C@H]3C(=O)O)O[C@H]2C(=O)O)O1. The van der Waals surface area contributed by atoms with Crippen molar-refractivity contribution >= 4 is 17.9 Å². The van der Waals surface area contributed by atoms with Crippen molar-refractivity contribution in [3.8, 4) is 0 Å². The van der Waals surface area contributed by atoms with Gasteiger partial charge in [0.15, 0.2) is 24.8 Å². The van der Waals surface area contributed by atoms with Gasteiger partial charge in [0.05, 0.1) is 0 Å². The van der Waals surface area contributed by atoms with E-state index in [1.54, 1.807) is 0 Å². The number of hydrogen-bond donors (Lipinski definition) is 10. The normalized spacial score (nSPS) is 45.3. The van der Waals surface area contributed by atoms with Gasteiger partial charge >= 0.3 is 17.9 Å². The third kappa shape index (κ3) is 5.43. The zero-order valence-corrected chi connectivity index (χ0v) is 17.8. The molecule has 204 valence electrons. The Kier molecular flexibility index (Phi) is 8.48. The quantitative estimate of drug-likeness (QED) is 0.147. The van der Waals surface area contributed by atoms with Crippen LogP contribution < -0.4 is 0 Å². The number of ether oxygens (including phenoxy) is 5. The van der Waals surface area contributed by atoms with Gasteiger partial charge in [-0.1, -0.05) is 0 Å². The van der Waals surface area contributed by atoms with Gasteiger partial charge in [-0.3, -0.25) is 0 Å². The topological polar surface area (TPSA) is 300 Å². The second kappa shape index (κ2) is 10.9. The fourth-order valence-electron chi connectivity index (χ4n) is 3.69. The number of rotatable bonds is 7. The Labute approximate surface area is 199 Å². The van der Waals surface area contributed by atoms with Crippen molar-refractivity contribution in [3.63, 3.8) is 0 Å². The summed E-state index contributed by atoms with van der Waals surface area (Å²) in [6.07, 6.45) is -26.7. The van der Waals surface area contributed by atoms with Gasteiger partial charge in [-0.25, -0.2) is 14.4 Å². The fraction of sp³-hybridized carbons (Fsp3) is 0.722. The van der Waals surface area contributed by atoms with Crippen LogP contribution in [0.1, 0.15) is 0 Å². The minimum absolute atomic E-state index is 0.635. The molecule has 0 bridgehead atoms. The van der Waals surface area contributed by atoms with Crippen molar-refractivity contribution in [1.82, 2.24) is 0 Å². The lowest BCUT2D eigenvalue weighted by atomic mass is 9.96. The summed E-state index contributed by atoms with van der Waals surface area (Å²) in [6.45, 7) is 0. The molecular weight excluding hydrogens is 504 g/mol. The van der Waals surface area contributed by atoms with Gasteiger partial charge in [-0.05, 0) is 6.08 Å². The van der Waals surface area contributed by atoms with E-state index in [0.29, 0.717) is 6.08 Å². The second-order valence-corrected chi connectivity index (χ2v) is 8.02. The van der Waals surface area contributed by atoms with E-state index in [-0.39, 0.29) is 0 Å². The van der Waals surface area contributed by atoms with Crippen LogP contribution in [-0.2, 0) is 38.1 Å². The minimum Gasteiger partial charge on any atom is -0.479 e. The molecule has 3 heterocycles. The van der Waals surface area contributed by atoms with Crippen LogP contribution in [0.5, 0.6) is 0 Å². The summed E-state index contributed by atoms with van der Waals surface area (Å²) in [4.78, 5) is 34.4. The Morgan fingerprint density at radius 2 is 1.17 bits per heavy atom. The van der Waals surface area contributed by atoms with Crippen LogP contribution in [-0.4, -0.2) is 149 Å². The highest BCUT2D eigenvalue weighted by molar-refractivity contribution is 5.84. The van der Waals surface area contributed by atoms with E-state index < -0.39 is 104 Å². The number of hydrogen-bond acceptors (Lipinski definition) is 15.